The number of hydrogen-bond acceptors (Lipinski definition) is 2. The van der Waals surface area contributed by atoms with Gasteiger partial charge in [-0.05, 0) is 25.8 Å². The molecule has 0 bridgehead atoms. The number of rotatable bonds is 10. The predicted octanol–water partition coefficient (Wildman–Crippen LogP) is 2.97. The van der Waals surface area contributed by atoms with Crippen molar-refractivity contribution in [3.05, 3.63) is 0 Å². The van der Waals surface area contributed by atoms with Crippen LogP contribution in [-0.4, -0.2) is 30.9 Å². The summed E-state index contributed by atoms with van der Waals surface area (Å²) in [5.74, 6) is 0.298. The van der Waals surface area contributed by atoms with E-state index in [1.807, 2.05) is 11.9 Å². The van der Waals surface area contributed by atoms with Crippen molar-refractivity contribution < 1.29 is 4.79 Å². The number of hydrogen-bond donors (Lipinski definition) is 1. The minimum Gasteiger partial charge on any atom is -0.346 e. The molecule has 0 saturated heterocycles. The monoisotopic (exact) mass is 264 g/mol. The predicted molar refractivity (Wildman–Crippen MR) is 76.5 cm³/mol. The second-order valence-corrected chi connectivity index (χ2v) is 4.48. The molecule has 4 heteroatoms. The van der Waals surface area contributed by atoms with Crippen LogP contribution in [0.15, 0.2) is 0 Å². The lowest BCUT2D eigenvalue weighted by Gasteiger charge is -2.16. The van der Waals surface area contributed by atoms with Crippen molar-refractivity contribution in [2.75, 3.05) is 20.1 Å². The molecule has 0 unspecified atom stereocenters. The van der Waals surface area contributed by atoms with Crippen molar-refractivity contribution in [2.24, 2.45) is 5.73 Å². The second kappa shape index (κ2) is 13.8. The third kappa shape index (κ3) is 12.0. The maximum atomic E-state index is 11.6. The molecule has 0 rings (SSSR count). The standard InChI is InChI=1S/C13H28N2O.ClH/c1-3-4-12-15(2)13(16)10-8-6-5-7-9-11-14;/h3-12,14H2,1-2H3;1H. The van der Waals surface area contributed by atoms with Crippen molar-refractivity contribution >= 4 is 18.3 Å². The van der Waals surface area contributed by atoms with Crippen LogP contribution in [0.5, 0.6) is 0 Å². The molecule has 0 aliphatic carbocycles. The number of carbonyl (C=O) groups is 1. The summed E-state index contributed by atoms with van der Waals surface area (Å²) in [5.41, 5.74) is 5.42. The zero-order valence-corrected chi connectivity index (χ0v) is 12.2. The number of unbranched alkanes of at least 4 members (excludes halogenated alkanes) is 5. The summed E-state index contributed by atoms with van der Waals surface area (Å²) >= 11 is 0. The molecule has 17 heavy (non-hydrogen) atoms. The average molecular weight is 265 g/mol. The zero-order chi connectivity index (χ0) is 12.2. The Balaban J connectivity index is 0. The van der Waals surface area contributed by atoms with Gasteiger partial charge in [0.2, 0.25) is 5.91 Å². The Labute approximate surface area is 113 Å². The highest BCUT2D eigenvalue weighted by Crippen LogP contribution is 2.06. The third-order valence-electron chi connectivity index (χ3n) is 2.87. The van der Waals surface area contributed by atoms with E-state index in [9.17, 15) is 4.79 Å². The molecule has 104 valence electrons. The number of halogens is 1. The summed E-state index contributed by atoms with van der Waals surface area (Å²) < 4.78 is 0. The molecule has 0 aliphatic rings. The molecule has 0 saturated carbocycles. The van der Waals surface area contributed by atoms with Crippen molar-refractivity contribution in [2.45, 2.75) is 58.3 Å². The van der Waals surface area contributed by atoms with E-state index in [1.165, 1.54) is 12.8 Å². The molecule has 0 spiro atoms. The zero-order valence-electron chi connectivity index (χ0n) is 11.4. The first kappa shape index (κ1) is 19.1. The molecule has 1 amide bonds. The summed E-state index contributed by atoms with van der Waals surface area (Å²) in [6.07, 6.45) is 8.69. The van der Waals surface area contributed by atoms with Gasteiger partial charge in [0.25, 0.3) is 0 Å². The van der Waals surface area contributed by atoms with Gasteiger partial charge in [0, 0.05) is 20.0 Å². The van der Waals surface area contributed by atoms with Crippen LogP contribution in [0.4, 0.5) is 0 Å². The lowest BCUT2D eigenvalue weighted by Crippen LogP contribution is -2.27. The minimum absolute atomic E-state index is 0. The Bertz CT molecular complexity index is 177. The molecule has 0 fully saturated rings. The van der Waals surface area contributed by atoms with E-state index in [-0.39, 0.29) is 12.4 Å². The van der Waals surface area contributed by atoms with Crippen LogP contribution in [0.3, 0.4) is 0 Å². The van der Waals surface area contributed by atoms with Gasteiger partial charge in [-0.25, -0.2) is 0 Å². The maximum absolute atomic E-state index is 11.6. The average Bonchev–Trinajstić information content (AvgIpc) is 2.30. The van der Waals surface area contributed by atoms with Crippen LogP contribution < -0.4 is 5.73 Å². The Morgan fingerprint density at radius 3 is 2.24 bits per heavy atom. The molecule has 2 N–H and O–H groups in total. The fourth-order valence-corrected chi connectivity index (χ4v) is 1.66. The van der Waals surface area contributed by atoms with Crippen molar-refractivity contribution in [1.29, 1.82) is 0 Å². The Kier molecular flexibility index (Phi) is 15.5. The molecule has 3 nitrogen and oxygen atoms in total. The smallest absolute Gasteiger partial charge is 0.222 e. The van der Waals surface area contributed by atoms with E-state index in [1.54, 1.807) is 0 Å². The molecular formula is C13H29ClN2O. The van der Waals surface area contributed by atoms with Crippen molar-refractivity contribution in [3.63, 3.8) is 0 Å². The van der Waals surface area contributed by atoms with Gasteiger partial charge in [-0.2, -0.15) is 0 Å². The fourth-order valence-electron chi connectivity index (χ4n) is 1.66. The van der Waals surface area contributed by atoms with Gasteiger partial charge >= 0.3 is 0 Å². The number of amides is 1. The Morgan fingerprint density at radius 2 is 1.65 bits per heavy atom. The van der Waals surface area contributed by atoms with E-state index in [2.05, 4.69) is 6.92 Å². The largest absolute Gasteiger partial charge is 0.346 e. The van der Waals surface area contributed by atoms with Crippen molar-refractivity contribution in [3.8, 4) is 0 Å². The molecule has 0 atom stereocenters. The van der Waals surface area contributed by atoms with Gasteiger partial charge in [0.15, 0.2) is 0 Å². The minimum atomic E-state index is 0. The van der Waals surface area contributed by atoms with Gasteiger partial charge in [0.1, 0.15) is 0 Å². The summed E-state index contributed by atoms with van der Waals surface area (Å²) in [5, 5.41) is 0. The summed E-state index contributed by atoms with van der Waals surface area (Å²) in [4.78, 5) is 13.5. The quantitative estimate of drug-likeness (QED) is 0.617. The first-order valence-electron chi connectivity index (χ1n) is 6.66. The second-order valence-electron chi connectivity index (χ2n) is 4.48. The number of nitrogens with two attached hydrogens (primary N) is 1. The first-order valence-corrected chi connectivity index (χ1v) is 6.66. The van der Waals surface area contributed by atoms with Crippen LogP contribution in [0.25, 0.3) is 0 Å². The Morgan fingerprint density at radius 1 is 1.06 bits per heavy atom. The molecule has 0 heterocycles. The number of nitrogens with zero attached hydrogens (tertiary/aromatic N) is 1. The van der Waals surface area contributed by atoms with Crippen LogP contribution in [0.1, 0.15) is 58.3 Å². The summed E-state index contributed by atoms with van der Waals surface area (Å²) in [6.45, 7) is 3.84. The number of carbonyl (C=O) groups excluding carboxylic acids is 1. The van der Waals surface area contributed by atoms with Crippen molar-refractivity contribution in [1.82, 2.24) is 4.90 Å². The highest BCUT2D eigenvalue weighted by atomic mass is 35.5. The van der Waals surface area contributed by atoms with E-state index in [0.29, 0.717) is 12.3 Å². The van der Waals surface area contributed by atoms with Gasteiger partial charge in [0.05, 0.1) is 0 Å². The van der Waals surface area contributed by atoms with Crippen LogP contribution in [0, 0.1) is 0 Å². The van der Waals surface area contributed by atoms with Crippen LogP contribution in [0.2, 0.25) is 0 Å². The summed E-state index contributed by atoms with van der Waals surface area (Å²) in [6, 6.07) is 0. The van der Waals surface area contributed by atoms with E-state index < -0.39 is 0 Å². The van der Waals surface area contributed by atoms with E-state index in [0.717, 1.165) is 45.2 Å². The lowest BCUT2D eigenvalue weighted by molar-refractivity contribution is -0.130. The molecule has 0 radical (unpaired) electrons. The molecule has 0 aromatic rings. The van der Waals surface area contributed by atoms with Gasteiger partial charge in [-0.1, -0.05) is 32.6 Å². The summed E-state index contributed by atoms with van der Waals surface area (Å²) in [7, 11) is 1.91. The third-order valence-corrected chi connectivity index (χ3v) is 2.87. The molecular weight excluding hydrogens is 236 g/mol. The highest BCUT2D eigenvalue weighted by Gasteiger charge is 2.06. The molecule has 0 aromatic heterocycles. The van der Waals surface area contributed by atoms with E-state index in [4.69, 9.17) is 5.73 Å². The molecule has 0 aromatic carbocycles. The first-order chi connectivity index (χ1) is 7.72. The van der Waals surface area contributed by atoms with Gasteiger partial charge in [-0.15, -0.1) is 12.4 Å². The van der Waals surface area contributed by atoms with Crippen LogP contribution in [-0.2, 0) is 4.79 Å². The SMILES string of the molecule is CCCCN(C)C(=O)CCCCCCCN.Cl. The van der Waals surface area contributed by atoms with E-state index >= 15 is 0 Å². The molecule has 0 aliphatic heterocycles. The maximum Gasteiger partial charge on any atom is 0.222 e. The topological polar surface area (TPSA) is 46.3 Å². The van der Waals surface area contributed by atoms with Gasteiger partial charge in [-0.3, -0.25) is 4.79 Å². The fraction of sp³-hybridized carbons (Fsp3) is 0.923. The van der Waals surface area contributed by atoms with Gasteiger partial charge < -0.3 is 10.6 Å². The van der Waals surface area contributed by atoms with Crippen LogP contribution >= 0.6 is 12.4 Å². The Hall–Kier alpha value is -0.280. The highest BCUT2D eigenvalue weighted by molar-refractivity contribution is 5.85. The normalized spacial score (nSPS) is 9.82. The lowest BCUT2D eigenvalue weighted by atomic mass is 10.1.